The molecule has 60 heavy (non-hydrogen) atoms. The van der Waals surface area contributed by atoms with Crippen molar-refractivity contribution >= 4 is 17.9 Å². The van der Waals surface area contributed by atoms with Crippen LogP contribution in [-0.2, 0) is 14.3 Å². The molecule has 2 fully saturated rings. The van der Waals surface area contributed by atoms with Crippen LogP contribution in [0.15, 0.2) is 116 Å². The molecule has 0 spiro atoms. The number of benzene rings is 4. The Morgan fingerprint density at radius 3 is 1.85 bits per heavy atom. The molecule has 0 aliphatic carbocycles. The van der Waals surface area contributed by atoms with Gasteiger partial charge in [-0.3, -0.25) is 14.5 Å². The predicted molar refractivity (Wildman–Crippen MR) is 226 cm³/mol. The van der Waals surface area contributed by atoms with Gasteiger partial charge in [0.05, 0.1) is 35.9 Å². The van der Waals surface area contributed by atoms with Gasteiger partial charge < -0.3 is 30.2 Å². The monoisotopic (exact) mass is 808 g/mol. The average molecular weight is 809 g/mol. The van der Waals surface area contributed by atoms with Crippen molar-refractivity contribution in [3.8, 4) is 33.6 Å². The van der Waals surface area contributed by atoms with Gasteiger partial charge in [-0.2, -0.15) is 0 Å². The van der Waals surface area contributed by atoms with Crippen molar-refractivity contribution in [2.45, 2.75) is 63.8 Å². The molecule has 4 aromatic carbocycles. The SMILES string of the molecule is CCN(CC)[C@@H](C(=O)N1CCC[C@H]1c1ncc(-c2ccc(-c3ccc(-c4cnc([C@@H]5CCCN5C(=O)[C@H](OC(N)=O)c5ccccc5)[nH]4)c(F)c3)cc2)[nH]1)c1ccccc1. The molecule has 0 bridgehead atoms. The molecule has 3 amide bonds. The maximum Gasteiger partial charge on any atom is 0.405 e. The Labute approximate surface area is 348 Å². The summed E-state index contributed by atoms with van der Waals surface area (Å²) in [7, 11) is 0. The number of primary amides is 1. The Bertz CT molecular complexity index is 2430. The molecule has 2 aromatic heterocycles. The van der Waals surface area contributed by atoms with Gasteiger partial charge in [0.2, 0.25) is 12.0 Å². The smallest absolute Gasteiger partial charge is 0.405 e. The summed E-state index contributed by atoms with van der Waals surface area (Å²) in [4.78, 5) is 61.6. The van der Waals surface area contributed by atoms with E-state index in [1.807, 2.05) is 77.8 Å². The van der Waals surface area contributed by atoms with Crippen molar-refractivity contribution in [1.29, 1.82) is 0 Å². The minimum Gasteiger partial charge on any atom is -0.431 e. The summed E-state index contributed by atoms with van der Waals surface area (Å²) < 4.78 is 21.1. The summed E-state index contributed by atoms with van der Waals surface area (Å²) in [6.07, 6.45) is 4.26. The van der Waals surface area contributed by atoms with E-state index < -0.39 is 30.0 Å². The zero-order valence-corrected chi connectivity index (χ0v) is 33.8. The number of imidazole rings is 2. The average Bonchev–Trinajstić information content (AvgIpc) is 4.12. The standard InChI is InChI=1S/C47H49FN8O4/c1-3-54(4-2)41(32-13-7-5-8-14-32)45(57)55-25-11-17-39(55)43-50-28-37(52-43)31-21-19-30(20-22-31)34-23-24-35(36(48)27-34)38-29-51-44(53-38)40-18-12-26-56(40)46(58)42(60-47(49)59)33-15-9-6-10-16-33/h5-10,13-16,19-24,27-29,39-42H,3-4,11-12,17-18,25-26H2,1-2H3,(H2,49,59)(H,50,52)(H,51,53)/t39-,40-,41+,42+/m0/s1. The second kappa shape index (κ2) is 17.7. The molecule has 13 heteroatoms. The van der Waals surface area contributed by atoms with E-state index >= 15 is 4.39 Å². The molecular formula is C47H49FN8O4. The third-order valence-corrected chi connectivity index (χ3v) is 11.8. The zero-order chi connectivity index (χ0) is 41.8. The fourth-order valence-electron chi connectivity index (χ4n) is 8.73. The van der Waals surface area contributed by atoms with E-state index in [2.05, 4.69) is 33.7 Å². The number of aromatic amines is 2. The lowest BCUT2D eigenvalue weighted by Gasteiger charge is -2.34. The number of carbonyl (C=O) groups is 3. The quantitative estimate of drug-likeness (QED) is 0.106. The highest BCUT2D eigenvalue weighted by Gasteiger charge is 2.39. The summed E-state index contributed by atoms with van der Waals surface area (Å²) in [6, 6.07) is 30.8. The van der Waals surface area contributed by atoms with E-state index in [1.54, 1.807) is 41.4 Å². The van der Waals surface area contributed by atoms with Crippen molar-refractivity contribution in [2.24, 2.45) is 5.73 Å². The van der Waals surface area contributed by atoms with E-state index in [0.29, 0.717) is 47.7 Å². The van der Waals surface area contributed by atoms with Gasteiger partial charge in [0.25, 0.3) is 5.91 Å². The van der Waals surface area contributed by atoms with Gasteiger partial charge in [-0.1, -0.05) is 105 Å². The number of amides is 3. The van der Waals surface area contributed by atoms with Crippen LogP contribution in [0.25, 0.3) is 33.6 Å². The topological polar surface area (TPSA) is 154 Å². The molecule has 8 rings (SSSR count). The van der Waals surface area contributed by atoms with Crippen LogP contribution >= 0.6 is 0 Å². The molecule has 308 valence electrons. The van der Waals surface area contributed by atoms with E-state index in [1.165, 1.54) is 6.07 Å². The van der Waals surface area contributed by atoms with Gasteiger partial charge in [-0.15, -0.1) is 0 Å². The van der Waals surface area contributed by atoms with E-state index in [4.69, 9.17) is 15.5 Å². The fourth-order valence-corrected chi connectivity index (χ4v) is 8.73. The molecule has 4 heterocycles. The number of H-pyrrole nitrogens is 2. The molecule has 4 atom stereocenters. The Morgan fingerprint density at radius 1 is 0.733 bits per heavy atom. The maximum atomic E-state index is 15.8. The van der Waals surface area contributed by atoms with E-state index in [0.717, 1.165) is 60.6 Å². The summed E-state index contributed by atoms with van der Waals surface area (Å²) in [6.45, 7) is 6.84. The van der Waals surface area contributed by atoms with Crippen LogP contribution in [0, 0.1) is 5.82 Å². The highest BCUT2D eigenvalue weighted by atomic mass is 19.1. The third kappa shape index (κ3) is 8.17. The number of hydrogen-bond acceptors (Lipinski definition) is 7. The van der Waals surface area contributed by atoms with Gasteiger partial charge in [0, 0.05) is 24.2 Å². The first-order chi connectivity index (χ1) is 29.2. The zero-order valence-electron chi connectivity index (χ0n) is 33.8. The Kier molecular flexibility index (Phi) is 11.9. The molecule has 0 radical (unpaired) electrons. The van der Waals surface area contributed by atoms with Gasteiger partial charge in [-0.05, 0) is 73.2 Å². The summed E-state index contributed by atoms with van der Waals surface area (Å²) in [5.74, 6) is 0.567. The van der Waals surface area contributed by atoms with Crippen molar-refractivity contribution in [3.63, 3.8) is 0 Å². The largest absolute Gasteiger partial charge is 0.431 e. The maximum absolute atomic E-state index is 15.8. The number of nitrogens with two attached hydrogens (primary N) is 1. The van der Waals surface area contributed by atoms with Crippen molar-refractivity contribution in [2.75, 3.05) is 26.2 Å². The number of nitrogens with zero attached hydrogens (tertiary/aromatic N) is 5. The first-order valence-corrected chi connectivity index (χ1v) is 20.7. The molecule has 2 saturated heterocycles. The molecule has 2 aliphatic heterocycles. The van der Waals surface area contributed by atoms with Crippen LogP contribution in [0.1, 0.15) is 86.5 Å². The number of likely N-dealkylation sites (tertiary alicyclic amines) is 2. The van der Waals surface area contributed by atoms with Crippen LogP contribution in [0.3, 0.4) is 0 Å². The van der Waals surface area contributed by atoms with Crippen LogP contribution in [-0.4, -0.2) is 78.7 Å². The third-order valence-electron chi connectivity index (χ3n) is 11.8. The van der Waals surface area contributed by atoms with Crippen LogP contribution in [0.4, 0.5) is 9.18 Å². The highest BCUT2D eigenvalue weighted by Crippen LogP contribution is 2.38. The van der Waals surface area contributed by atoms with Crippen LogP contribution < -0.4 is 5.73 Å². The van der Waals surface area contributed by atoms with Crippen LogP contribution in [0.2, 0.25) is 0 Å². The predicted octanol–water partition coefficient (Wildman–Crippen LogP) is 8.52. The van der Waals surface area contributed by atoms with Crippen molar-refractivity contribution < 1.29 is 23.5 Å². The molecule has 2 aliphatic rings. The van der Waals surface area contributed by atoms with Crippen LogP contribution in [0.5, 0.6) is 0 Å². The molecule has 12 nitrogen and oxygen atoms in total. The fraction of sp³-hybridized carbons (Fsp3) is 0.298. The first kappa shape index (κ1) is 40.2. The summed E-state index contributed by atoms with van der Waals surface area (Å²) >= 11 is 0. The van der Waals surface area contributed by atoms with Gasteiger partial charge in [0.15, 0.2) is 0 Å². The molecule has 6 aromatic rings. The minimum absolute atomic E-state index is 0.0966. The number of nitrogens with one attached hydrogen (secondary N) is 2. The second-order valence-corrected chi connectivity index (χ2v) is 15.3. The number of likely N-dealkylation sites (N-methyl/N-ethyl adjacent to an activating group) is 1. The Hall–Kier alpha value is -6.60. The molecule has 4 N–H and O–H groups in total. The molecule has 0 unspecified atom stereocenters. The van der Waals surface area contributed by atoms with Gasteiger partial charge >= 0.3 is 6.09 Å². The number of ether oxygens (including phenoxy) is 1. The number of hydrogen-bond donors (Lipinski definition) is 3. The lowest BCUT2D eigenvalue weighted by Crippen LogP contribution is -2.43. The van der Waals surface area contributed by atoms with E-state index in [9.17, 15) is 14.4 Å². The lowest BCUT2D eigenvalue weighted by molar-refractivity contribution is -0.141. The molecular weight excluding hydrogens is 760 g/mol. The number of rotatable bonds is 13. The van der Waals surface area contributed by atoms with Gasteiger partial charge in [-0.25, -0.2) is 19.2 Å². The molecule has 0 saturated carbocycles. The Morgan fingerprint density at radius 2 is 1.27 bits per heavy atom. The summed E-state index contributed by atoms with van der Waals surface area (Å²) in [5, 5.41) is 0. The van der Waals surface area contributed by atoms with Crippen molar-refractivity contribution in [1.82, 2.24) is 34.6 Å². The minimum atomic E-state index is -1.19. The lowest BCUT2D eigenvalue weighted by atomic mass is 10.0. The number of aromatic nitrogens is 4. The first-order valence-electron chi connectivity index (χ1n) is 20.7. The van der Waals surface area contributed by atoms with Gasteiger partial charge in [0.1, 0.15) is 23.5 Å². The second-order valence-electron chi connectivity index (χ2n) is 15.3. The summed E-state index contributed by atoms with van der Waals surface area (Å²) in [5.41, 5.74) is 11.0. The Balaban J connectivity index is 0.951. The highest BCUT2D eigenvalue weighted by molar-refractivity contribution is 5.85. The van der Waals surface area contributed by atoms with E-state index in [-0.39, 0.29) is 18.0 Å². The normalized spacial score (nSPS) is 17.5. The van der Waals surface area contributed by atoms with Crippen molar-refractivity contribution in [3.05, 3.63) is 144 Å². The number of halogens is 1. The number of carbonyl (C=O) groups excluding carboxylic acids is 3.